The maximum atomic E-state index is 11.8. The van der Waals surface area contributed by atoms with Gasteiger partial charge < -0.3 is 15.7 Å². The summed E-state index contributed by atoms with van der Waals surface area (Å²) in [5, 5.41) is 17.0. The van der Waals surface area contributed by atoms with Gasteiger partial charge in [0.25, 0.3) is 0 Å². The molecule has 3 N–H and O–H groups in total. The normalized spacial score (nSPS) is 11.7. The molecule has 0 saturated carbocycles. The van der Waals surface area contributed by atoms with Crippen molar-refractivity contribution in [2.45, 2.75) is 12.8 Å². The zero-order chi connectivity index (χ0) is 15.2. The molecule has 2 heterocycles. The first-order valence-electron chi connectivity index (χ1n) is 6.20. The number of aromatic nitrogens is 2. The van der Waals surface area contributed by atoms with E-state index in [1.54, 1.807) is 12.3 Å². The molecule has 8 heteroatoms. The molecule has 7 nitrogen and oxygen atoms in total. The number of amides is 2. The second-order valence-electron chi connectivity index (χ2n) is 4.31. The maximum absolute atomic E-state index is 11.8. The number of pyridine rings is 1. The Morgan fingerprint density at radius 3 is 2.86 bits per heavy atom. The lowest BCUT2D eigenvalue weighted by atomic mass is 10.2. The van der Waals surface area contributed by atoms with Crippen LogP contribution in [0.3, 0.4) is 0 Å². The summed E-state index contributed by atoms with van der Waals surface area (Å²) >= 11 is 1.52. The van der Waals surface area contributed by atoms with E-state index in [0.717, 1.165) is 5.01 Å². The van der Waals surface area contributed by atoms with E-state index in [1.165, 1.54) is 23.6 Å². The zero-order valence-corrected chi connectivity index (χ0v) is 12.1. The second kappa shape index (κ2) is 6.80. The van der Waals surface area contributed by atoms with Crippen molar-refractivity contribution in [1.29, 1.82) is 0 Å². The van der Waals surface area contributed by atoms with Crippen LogP contribution in [0.2, 0.25) is 0 Å². The topological polar surface area (TPSA) is 104 Å². The SMILES string of the molecule is CC(CNC(=O)Nc1cccnc1C(=O)O)c1nccs1. The number of carbonyl (C=O) groups excluding carboxylic acids is 1. The summed E-state index contributed by atoms with van der Waals surface area (Å²) in [4.78, 5) is 30.7. The molecular weight excluding hydrogens is 292 g/mol. The van der Waals surface area contributed by atoms with Gasteiger partial charge in [0.15, 0.2) is 5.69 Å². The molecule has 1 unspecified atom stereocenters. The molecule has 110 valence electrons. The molecule has 0 radical (unpaired) electrons. The Labute approximate surface area is 125 Å². The van der Waals surface area contributed by atoms with E-state index in [0.29, 0.717) is 6.54 Å². The molecule has 0 aliphatic heterocycles. The number of thiazole rings is 1. The van der Waals surface area contributed by atoms with E-state index in [1.807, 2.05) is 12.3 Å². The molecule has 2 amide bonds. The summed E-state index contributed by atoms with van der Waals surface area (Å²) in [6.45, 7) is 2.36. The van der Waals surface area contributed by atoms with Crippen LogP contribution in [0.4, 0.5) is 10.5 Å². The number of nitrogens with one attached hydrogen (secondary N) is 2. The molecule has 0 aromatic carbocycles. The van der Waals surface area contributed by atoms with Gasteiger partial charge in [-0.25, -0.2) is 19.6 Å². The number of carboxylic acid groups (broad SMARTS) is 1. The molecule has 2 aromatic heterocycles. The molecule has 0 aliphatic carbocycles. The number of urea groups is 1. The Balaban J connectivity index is 1.92. The minimum atomic E-state index is -1.19. The molecule has 0 saturated heterocycles. The summed E-state index contributed by atoms with van der Waals surface area (Å²) in [5.41, 5.74) is -0.0370. The Morgan fingerprint density at radius 1 is 1.38 bits per heavy atom. The van der Waals surface area contributed by atoms with Gasteiger partial charge in [0.05, 0.1) is 10.7 Å². The van der Waals surface area contributed by atoms with Crippen LogP contribution in [-0.2, 0) is 0 Å². The van der Waals surface area contributed by atoms with Crippen molar-refractivity contribution in [2.75, 3.05) is 11.9 Å². The number of hydrogen-bond donors (Lipinski definition) is 3. The molecule has 2 aromatic rings. The van der Waals surface area contributed by atoms with E-state index in [-0.39, 0.29) is 17.3 Å². The predicted octanol–water partition coefficient (Wildman–Crippen LogP) is 2.16. The third-order valence-corrected chi connectivity index (χ3v) is 3.71. The van der Waals surface area contributed by atoms with Crippen LogP contribution in [0, 0.1) is 0 Å². The van der Waals surface area contributed by atoms with E-state index in [2.05, 4.69) is 20.6 Å². The molecule has 0 fully saturated rings. The van der Waals surface area contributed by atoms with Gasteiger partial charge in [-0.2, -0.15) is 0 Å². The van der Waals surface area contributed by atoms with Crippen molar-refractivity contribution in [3.63, 3.8) is 0 Å². The van der Waals surface area contributed by atoms with Gasteiger partial charge >= 0.3 is 12.0 Å². The highest BCUT2D eigenvalue weighted by atomic mass is 32.1. The van der Waals surface area contributed by atoms with Crippen molar-refractivity contribution in [3.8, 4) is 0 Å². The highest BCUT2D eigenvalue weighted by molar-refractivity contribution is 7.09. The fourth-order valence-electron chi connectivity index (χ4n) is 1.65. The maximum Gasteiger partial charge on any atom is 0.356 e. The third-order valence-electron chi connectivity index (χ3n) is 2.70. The Bertz CT molecular complexity index is 630. The molecule has 21 heavy (non-hydrogen) atoms. The predicted molar refractivity (Wildman–Crippen MR) is 78.7 cm³/mol. The quantitative estimate of drug-likeness (QED) is 0.785. The summed E-state index contributed by atoms with van der Waals surface area (Å²) < 4.78 is 0. The summed E-state index contributed by atoms with van der Waals surface area (Å²) in [6, 6.07) is 2.56. The van der Waals surface area contributed by atoms with Gasteiger partial charge in [-0.1, -0.05) is 6.92 Å². The number of carbonyl (C=O) groups is 2. The third kappa shape index (κ3) is 3.99. The monoisotopic (exact) mass is 306 g/mol. The summed E-state index contributed by atoms with van der Waals surface area (Å²) in [7, 11) is 0. The standard InChI is InChI=1S/C13H14N4O3S/c1-8(11-15-5-6-21-11)7-16-13(20)17-9-3-2-4-14-10(9)12(18)19/h2-6,8H,7H2,1H3,(H,18,19)(H2,16,17,20). The van der Waals surface area contributed by atoms with Crippen molar-refractivity contribution < 1.29 is 14.7 Å². The lowest BCUT2D eigenvalue weighted by Gasteiger charge is -2.12. The van der Waals surface area contributed by atoms with Gasteiger partial charge in [0.2, 0.25) is 0 Å². The Morgan fingerprint density at radius 2 is 2.19 bits per heavy atom. The van der Waals surface area contributed by atoms with Crippen LogP contribution < -0.4 is 10.6 Å². The Hall–Kier alpha value is -2.48. The largest absolute Gasteiger partial charge is 0.476 e. The van der Waals surface area contributed by atoms with Crippen LogP contribution in [0.1, 0.15) is 28.3 Å². The van der Waals surface area contributed by atoms with E-state index in [9.17, 15) is 9.59 Å². The van der Waals surface area contributed by atoms with E-state index >= 15 is 0 Å². The molecule has 0 aliphatic rings. The number of anilines is 1. The van der Waals surface area contributed by atoms with Crippen LogP contribution in [0.15, 0.2) is 29.9 Å². The van der Waals surface area contributed by atoms with Crippen LogP contribution in [0.5, 0.6) is 0 Å². The smallest absolute Gasteiger partial charge is 0.356 e. The summed E-state index contributed by atoms with van der Waals surface area (Å²) in [6.07, 6.45) is 3.07. The minimum Gasteiger partial charge on any atom is -0.476 e. The molecule has 0 spiro atoms. The molecule has 0 bridgehead atoms. The van der Waals surface area contributed by atoms with Crippen molar-refractivity contribution >= 4 is 29.0 Å². The van der Waals surface area contributed by atoms with Gasteiger partial charge in [-0.3, -0.25) is 0 Å². The van der Waals surface area contributed by atoms with Crippen LogP contribution in [0.25, 0.3) is 0 Å². The highest BCUT2D eigenvalue weighted by Gasteiger charge is 2.14. The highest BCUT2D eigenvalue weighted by Crippen LogP contribution is 2.16. The number of rotatable bonds is 5. The first kappa shape index (κ1) is 14.9. The number of aromatic carboxylic acids is 1. The lowest BCUT2D eigenvalue weighted by molar-refractivity contribution is 0.0691. The zero-order valence-electron chi connectivity index (χ0n) is 11.2. The number of nitrogens with zero attached hydrogens (tertiary/aromatic N) is 2. The first-order chi connectivity index (χ1) is 10.1. The lowest BCUT2D eigenvalue weighted by Crippen LogP contribution is -2.32. The Kier molecular flexibility index (Phi) is 4.83. The fourth-order valence-corrected chi connectivity index (χ4v) is 2.35. The van der Waals surface area contributed by atoms with Crippen molar-refractivity contribution in [2.24, 2.45) is 0 Å². The van der Waals surface area contributed by atoms with Crippen molar-refractivity contribution in [1.82, 2.24) is 15.3 Å². The van der Waals surface area contributed by atoms with E-state index < -0.39 is 12.0 Å². The second-order valence-corrected chi connectivity index (χ2v) is 5.24. The summed E-state index contributed by atoms with van der Waals surface area (Å²) in [5.74, 6) is -1.11. The van der Waals surface area contributed by atoms with Crippen LogP contribution in [-0.4, -0.2) is 33.6 Å². The van der Waals surface area contributed by atoms with Gasteiger partial charge in [-0.15, -0.1) is 11.3 Å². The average Bonchev–Trinajstić information content (AvgIpc) is 2.99. The molecular formula is C13H14N4O3S. The molecule has 2 rings (SSSR count). The van der Waals surface area contributed by atoms with Gasteiger partial charge in [-0.05, 0) is 12.1 Å². The van der Waals surface area contributed by atoms with Gasteiger partial charge in [0.1, 0.15) is 0 Å². The van der Waals surface area contributed by atoms with E-state index in [4.69, 9.17) is 5.11 Å². The number of carboxylic acids is 1. The average molecular weight is 306 g/mol. The minimum absolute atomic E-state index is 0.0867. The fraction of sp³-hybridized carbons (Fsp3) is 0.231. The van der Waals surface area contributed by atoms with Gasteiger partial charge in [0, 0.05) is 30.2 Å². The number of hydrogen-bond acceptors (Lipinski definition) is 5. The first-order valence-corrected chi connectivity index (χ1v) is 7.08. The molecule has 1 atom stereocenters. The van der Waals surface area contributed by atoms with Crippen molar-refractivity contribution in [3.05, 3.63) is 40.6 Å². The van der Waals surface area contributed by atoms with Crippen LogP contribution >= 0.6 is 11.3 Å².